The van der Waals surface area contributed by atoms with Gasteiger partial charge in [0.25, 0.3) is 0 Å². The van der Waals surface area contributed by atoms with Crippen LogP contribution < -0.4 is 5.32 Å². The van der Waals surface area contributed by atoms with Gasteiger partial charge in [0.05, 0.1) is 0 Å². The maximum Gasteiger partial charge on any atom is 0.0198 e. The third-order valence-electron chi connectivity index (χ3n) is 2.88. The fourth-order valence-corrected chi connectivity index (χ4v) is 2.82. The first-order valence-electron chi connectivity index (χ1n) is 7.02. The Bertz CT molecular complexity index is 336. The molecule has 18 heavy (non-hydrogen) atoms. The molecule has 102 valence electrons. The molecule has 0 spiro atoms. The molecule has 1 atom stereocenters. The summed E-state index contributed by atoms with van der Waals surface area (Å²) in [7, 11) is 0. The summed E-state index contributed by atoms with van der Waals surface area (Å²) in [6, 6.07) is 9.48. The third kappa shape index (κ3) is 6.46. The van der Waals surface area contributed by atoms with Crippen LogP contribution in [0.1, 0.15) is 38.3 Å². The summed E-state index contributed by atoms with van der Waals surface area (Å²) in [5.41, 5.74) is 2.81. The molecule has 1 nitrogen and oxygen atoms in total. The average molecular weight is 265 g/mol. The quantitative estimate of drug-likeness (QED) is 0.761. The van der Waals surface area contributed by atoms with Crippen molar-refractivity contribution in [3.8, 4) is 0 Å². The number of rotatable bonds is 8. The Kier molecular flexibility index (Phi) is 7.45. The van der Waals surface area contributed by atoms with Gasteiger partial charge < -0.3 is 5.32 Å². The number of nitrogens with one attached hydrogen (secondary N) is 1. The first-order valence-corrected chi connectivity index (χ1v) is 8.07. The number of benzene rings is 1. The highest BCUT2D eigenvalue weighted by atomic mass is 32.2. The highest BCUT2D eigenvalue weighted by Gasteiger charge is 2.10. The van der Waals surface area contributed by atoms with Gasteiger partial charge in [-0.25, -0.2) is 0 Å². The molecule has 0 saturated heterocycles. The largest absolute Gasteiger partial charge is 0.313 e. The molecule has 1 aromatic rings. The SMILES string of the molecule is CCCNC(CSC(C)C)Cc1cccc(C)c1. The van der Waals surface area contributed by atoms with Crippen LogP contribution in [0.5, 0.6) is 0 Å². The Morgan fingerprint density at radius 1 is 1.28 bits per heavy atom. The van der Waals surface area contributed by atoms with E-state index in [1.807, 2.05) is 0 Å². The van der Waals surface area contributed by atoms with Crippen LogP contribution in [0, 0.1) is 6.92 Å². The number of hydrogen-bond donors (Lipinski definition) is 1. The smallest absolute Gasteiger partial charge is 0.0198 e. The zero-order chi connectivity index (χ0) is 13.4. The van der Waals surface area contributed by atoms with Gasteiger partial charge in [-0.05, 0) is 37.1 Å². The van der Waals surface area contributed by atoms with E-state index in [0.717, 1.165) is 13.0 Å². The fraction of sp³-hybridized carbons (Fsp3) is 0.625. The maximum atomic E-state index is 3.67. The summed E-state index contributed by atoms with van der Waals surface area (Å²) in [6.45, 7) is 10.1. The molecule has 0 amide bonds. The van der Waals surface area contributed by atoms with Crippen molar-refractivity contribution in [3.63, 3.8) is 0 Å². The molecule has 1 N–H and O–H groups in total. The van der Waals surface area contributed by atoms with Crippen molar-refractivity contribution < 1.29 is 0 Å². The summed E-state index contributed by atoms with van der Waals surface area (Å²) in [5.74, 6) is 1.20. The lowest BCUT2D eigenvalue weighted by Gasteiger charge is -2.19. The Hall–Kier alpha value is -0.470. The Balaban J connectivity index is 2.53. The van der Waals surface area contributed by atoms with Crippen LogP contribution in [0.3, 0.4) is 0 Å². The molecule has 1 unspecified atom stereocenters. The van der Waals surface area contributed by atoms with E-state index in [4.69, 9.17) is 0 Å². The number of aryl methyl sites for hydroxylation is 1. The van der Waals surface area contributed by atoms with Gasteiger partial charge in [-0.15, -0.1) is 0 Å². The summed E-state index contributed by atoms with van der Waals surface area (Å²) in [5, 5.41) is 4.39. The molecule has 0 aliphatic rings. The summed E-state index contributed by atoms with van der Waals surface area (Å²) in [4.78, 5) is 0. The van der Waals surface area contributed by atoms with Crippen molar-refractivity contribution in [3.05, 3.63) is 35.4 Å². The van der Waals surface area contributed by atoms with Crippen LogP contribution >= 0.6 is 11.8 Å². The number of thioether (sulfide) groups is 1. The average Bonchev–Trinajstić information content (AvgIpc) is 2.32. The maximum absolute atomic E-state index is 3.67. The van der Waals surface area contributed by atoms with Gasteiger partial charge >= 0.3 is 0 Å². The lowest BCUT2D eigenvalue weighted by Crippen LogP contribution is -2.34. The second kappa shape index (κ2) is 8.60. The van der Waals surface area contributed by atoms with E-state index in [1.165, 1.54) is 23.3 Å². The third-order valence-corrected chi connectivity index (χ3v) is 4.14. The minimum Gasteiger partial charge on any atom is -0.313 e. The summed E-state index contributed by atoms with van der Waals surface area (Å²) < 4.78 is 0. The standard InChI is InChI=1S/C16H27NS/c1-5-9-17-16(12-18-13(2)3)11-15-8-6-7-14(4)10-15/h6-8,10,13,16-17H,5,9,11-12H2,1-4H3. The van der Waals surface area contributed by atoms with Crippen LogP contribution in [-0.2, 0) is 6.42 Å². The Morgan fingerprint density at radius 3 is 2.67 bits per heavy atom. The molecule has 0 bridgehead atoms. The van der Waals surface area contributed by atoms with Crippen LogP contribution in [0.25, 0.3) is 0 Å². The summed E-state index contributed by atoms with van der Waals surface area (Å²) in [6.07, 6.45) is 2.35. The van der Waals surface area contributed by atoms with Crippen molar-refractivity contribution in [1.82, 2.24) is 5.32 Å². The zero-order valence-corrected chi connectivity index (χ0v) is 13.0. The van der Waals surface area contributed by atoms with E-state index in [9.17, 15) is 0 Å². The van der Waals surface area contributed by atoms with Gasteiger partial charge in [0.1, 0.15) is 0 Å². The van der Waals surface area contributed by atoms with Crippen molar-refractivity contribution >= 4 is 11.8 Å². The fourth-order valence-electron chi connectivity index (χ4n) is 1.97. The Labute approximate surface area is 117 Å². The van der Waals surface area contributed by atoms with E-state index in [1.54, 1.807) is 0 Å². The second-order valence-electron chi connectivity index (χ2n) is 5.23. The van der Waals surface area contributed by atoms with E-state index < -0.39 is 0 Å². The molecule has 0 radical (unpaired) electrons. The minimum atomic E-state index is 0.596. The van der Waals surface area contributed by atoms with Crippen molar-refractivity contribution in [2.24, 2.45) is 0 Å². The van der Waals surface area contributed by atoms with Crippen LogP contribution in [0.15, 0.2) is 24.3 Å². The summed E-state index contributed by atoms with van der Waals surface area (Å²) >= 11 is 2.05. The lowest BCUT2D eigenvalue weighted by molar-refractivity contribution is 0.549. The van der Waals surface area contributed by atoms with E-state index in [0.29, 0.717) is 11.3 Å². The zero-order valence-electron chi connectivity index (χ0n) is 12.2. The second-order valence-corrected chi connectivity index (χ2v) is 6.84. The lowest BCUT2D eigenvalue weighted by atomic mass is 10.0. The van der Waals surface area contributed by atoms with Gasteiger partial charge in [-0.2, -0.15) is 11.8 Å². The van der Waals surface area contributed by atoms with E-state index in [2.05, 4.69) is 69.0 Å². The first kappa shape index (κ1) is 15.6. The predicted molar refractivity (Wildman–Crippen MR) is 84.6 cm³/mol. The molecular formula is C16H27NS. The van der Waals surface area contributed by atoms with Crippen LogP contribution in [0.2, 0.25) is 0 Å². The first-order chi connectivity index (χ1) is 8.61. The van der Waals surface area contributed by atoms with Gasteiger partial charge in [0.15, 0.2) is 0 Å². The molecule has 2 heteroatoms. The predicted octanol–water partition coefficient (Wildman–Crippen LogP) is 4.05. The molecule has 0 saturated carbocycles. The van der Waals surface area contributed by atoms with Crippen LogP contribution in [-0.4, -0.2) is 23.6 Å². The van der Waals surface area contributed by atoms with Gasteiger partial charge in [0.2, 0.25) is 0 Å². The highest BCUT2D eigenvalue weighted by Crippen LogP contribution is 2.14. The van der Waals surface area contributed by atoms with Crippen molar-refractivity contribution in [1.29, 1.82) is 0 Å². The molecule has 0 aliphatic heterocycles. The molecule has 0 fully saturated rings. The normalized spacial score (nSPS) is 12.9. The topological polar surface area (TPSA) is 12.0 Å². The van der Waals surface area contributed by atoms with Gasteiger partial charge in [0, 0.05) is 11.8 Å². The monoisotopic (exact) mass is 265 g/mol. The van der Waals surface area contributed by atoms with Gasteiger partial charge in [-0.1, -0.05) is 50.6 Å². The molecule has 0 heterocycles. The van der Waals surface area contributed by atoms with Crippen LogP contribution in [0.4, 0.5) is 0 Å². The molecule has 0 aliphatic carbocycles. The van der Waals surface area contributed by atoms with E-state index >= 15 is 0 Å². The molecule has 1 aromatic carbocycles. The van der Waals surface area contributed by atoms with Gasteiger partial charge in [-0.3, -0.25) is 0 Å². The highest BCUT2D eigenvalue weighted by molar-refractivity contribution is 7.99. The minimum absolute atomic E-state index is 0.596. The Morgan fingerprint density at radius 2 is 2.06 bits per heavy atom. The van der Waals surface area contributed by atoms with Crippen molar-refractivity contribution in [2.75, 3.05) is 12.3 Å². The molecule has 1 rings (SSSR count). The number of hydrogen-bond acceptors (Lipinski definition) is 2. The molecular weight excluding hydrogens is 238 g/mol. The van der Waals surface area contributed by atoms with Crippen molar-refractivity contribution in [2.45, 2.75) is 51.8 Å². The van der Waals surface area contributed by atoms with E-state index in [-0.39, 0.29) is 0 Å². The molecule has 0 aromatic heterocycles.